The number of aliphatic hydroxyl groups is 1. The molecule has 13 heavy (non-hydrogen) atoms. The fourth-order valence-electron chi connectivity index (χ4n) is 1.09. The third-order valence-corrected chi connectivity index (χ3v) is 1.66. The number of aliphatic hydroxyl groups excluding tert-OH is 1. The van der Waals surface area contributed by atoms with E-state index in [1.165, 1.54) is 0 Å². The van der Waals surface area contributed by atoms with Crippen molar-refractivity contribution in [2.75, 3.05) is 13.2 Å². The van der Waals surface area contributed by atoms with Crippen LogP contribution in [0.5, 0.6) is 5.75 Å². The van der Waals surface area contributed by atoms with E-state index < -0.39 is 0 Å². The molecule has 0 amide bonds. The van der Waals surface area contributed by atoms with Gasteiger partial charge in [0.2, 0.25) is 0 Å². The summed E-state index contributed by atoms with van der Waals surface area (Å²) in [6.45, 7) is 0.388. The second-order valence-corrected chi connectivity index (χ2v) is 2.57. The van der Waals surface area contributed by atoms with Gasteiger partial charge in [-0.2, -0.15) is 0 Å². The van der Waals surface area contributed by atoms with Crippen molar-refractivity contribution in [2.45, 2.75) is 6.42 Å². The second kappa shape index (κ2) is 5.23. The first-order chi connectivity index (χ1) is 6.38. The maximum Gasteiger partial charge on any atom is 0.148 e. The highest BCUT2D eigenvalue weighted by molar-refractivity contribution is 5.33. The number of benzene rings is 1. The lowest BCUT2D eigenvalue weighted by Gasteiger charge is -2.07. The molecule has 0 heterocycles. The van der Waals surface area contributed by atoms with Gasteiger partial charge in [0.25, 0.3) is 0 Å². The van der Waals surface area contributed by atoms with Crippen LogP contribution in [-0.4, -0.2) is 18.3 Å². The molecule has 1 rings (SSSR count). The van der Waals surface area contributed by atoms with Crippen LogP contribution in [0.4, 0.5) is 0 Å². The first-order valence-electron chi connectivity index (χ1n) is 4.13. The maximum absolute atomic E-state index is 8.77. The summed E-state index contributed by atoms with van der Waals surface area (Å²) in [5.74, 6) is 3.16. The van der Waals surface area contributed by atoms with Gasteiger partial charge in [-0.25, -0.2) is 0 Å². The minimum atomic E-state index is 0.121. The molecular weight excluding hydrogens is 164 g/mol. The van der Waals surface area contributed by atoms with Crippen LogP contribution in [0, 0.1) is 12.3 Å². The average molecular weight is 176 g/mol. The SMILES string of the molecule is C#CCOc1ccccc1CCO. The van der Waals surface area contributed by atoms with Gasteiger partial charge in [0.1, 0.15) is 12.4 Å². The van der Waals surface area contributed by atoms with E-state index in [-0.39, 0.29) is 13.2 Å². The Morgan fingerprint density at radius 3 is 2.85 bits per heavy atom. The largest absolute Gasteiger partial charge is 0.481 e. The molecule has 0 aliphatic carbocycles. The quantitative estimate of drug-likeness (QED) is 0.699. The molecule has 0 aliphatic rings. The van der Waals surface area contributed by atoms with Crippen molar-refractivity contribution in [1.29, 1.82) is 0 Å². The molecule has 0 bridgehead atoms. The zero-order chi connectivity index (χ0) is 9.52. The van der Waals surface area contributed by atoms with E-state index in [1.54, 1.807) is 0 Å². The van der Waals surface area contributed by atoms with Crippen molar-refractivity contribution in [1.82, 2.24) is 0 Å². The lowest BCUT2D eigenvalue weighted by atomic mass is 10.1. The Hall–Kier alpha value is -1.46. The molecule has 0 aromatic heterocycles. The number of rotatable bonds is 4. The van der Waals surface area contributed by atoms with Gasteiger partial charge in [-0.15, -0.1) is 6.42 Å². The third kappa shape index (κ3) is 2.81. The second-order valence-electron chi connectivity index (χ2n) is 2.57. The van der Waals surface area contributed by atoms with Crippen LogP contribution in [0.1, 0.15) is 5.56 Å². The van der Waals surface area contributed by atoms with E-state index in [2.05, 4.69) is 5.92 Å². The summed E-state index contributed by atoms with van der Waals surface area (Å²) in [5, 5.41) is 8.77. The number of hydrogen-bond acceptors (Lipinski definition) is 2. The highest BCUT2D eigenvalue weighted by Crippen LogP contribution is 2.17. The highest BCUT2D eigenvalue weighted by Gasteiger charge is 2.00. The van der Waals surface area contributed by atoms with Crippen LogP contribution < -0.4 is 4.74 Å². The standard InChI is InChI=1S/C11H12O2/c1-2-9-13-11-6-4-3-5-10(11)7-8-12/h1,3-6,12H,7-9H2. The predicted octanol–water partition coefficient (Wildman–Crippen LogP) is 1.23. The van der Waals surface area contributed by atoms with Crippen LogP contribution in [0.2, 0.25) is 0 Å². The van der Waals surface area contributed by atoms with Crippen LogP contribution >= 0.6 is 0 Å². The summed E-state index contributed by atoms with van der Waals surface area (Å²) < 4.78 is 5.29. The van der Waals surface area contributed by atoms with Gasteiger partial charge in [0, 0.05) is 6.61 Å². The fourth-order valence-corrected chi connectivity index (χ4v) is 1.09. The van der Waals surface area contributed by atoms with Gasteiger partial charge in [0.15, 0.2) is 0 Å². The molecule has 0 aliphatic heterocycles. The first kappa shape index (κ1) is 9.63. The van der Waals surface area contributed by atoms with Crippen LogP contribution in [0.3, 0.4) is 0 Å². The van der Waals surface area contributed by atoms with E-state index >= 15 is 0 Å². The molecule has 2 heteroatoms. The van der Waals surface area contributed by atoms with Crippen molar-refractivity contribution in [2.24, 2.45) is 0 Å². The molecule has 2 nitrogen and oxygen atoms in total. The molecule has 0 saturated carbocycles. The Kier molecular flexibility index (Phi) is 3.87. The number of para-hydroxylation sites is 1. The number of ether oxygens (including phenoxy) is 1. The first-order valence-corrected chi connectivity index (χ1v) is 4.13. The zero-order valence-corrected chi connectivity index (χ0v) is 7.36. The van der Waals surface area contributed by atoms with Crippen LogP contribution in [-0.2, 0) is 6.42 Å². The summed E-state index contributed by atoms with van der Waals surface area (Å²) in [4.78, 5) is 0. The predicted molar refractivity (Wildman–Crippen MR) is 51.6 cm³/mol. The highest BCUT2D eigenvalue weighted by atomic mass is 16.5. The number of hydrogen-bond donors (Lipinski definition) is 1. The number of terminal acetylenes is 1. The smallest absolute Gasteiger partial charge is 0.148 e. The molecule has 0 fully saturated rings. The van der Waals surface area contributed by atoms with Crippen molar-refractivity contribution < 1.29 is 9.84 Å². The molecule has 0 atom stereocenters. The Morgan fingerprint density at radius 2 is 2.15 bits per heavy atom. The van der Waals surface area contributed by atoms with Gasteiger partial charge in [0.05, 0.1) is 0 Å². The van der Waals surface area contributed by atoms with Gasteiger partial charge in [-0.05, 0) is 18.1 Å². The Labute approximate surface area is 78.2 Å². The van der Waals surface area contributed by atoms with E-state index in [4.69, 9.17) is 16.3 Å². The van der Waals surface area contributed by atoms with E-state index in [1.807, 2.05) is 24.3 Å². The van der Waals surface area contributed by atoms with Gasteiger partial charge < -0.3 is 9.84 Å². The topological polar surface area (TPSA) is 29.5 Å². The fraction of sp³-hybridized carbons (Fsp3) is 0.273. The van der Waals surface area contributed by atoms with Crippen molar-refractivity contribution >= 4 is 0 Å². The van der Waals surface area contributed by atoms with E-state index in [0.717, 1.165) is 11.3 Å². The molecule has 68 valence electrons. The molecule has 1 aromatic carbocycles. The minimum Gasteiger partial charge on any atom is -0.481 e. The van der Waals surface area contributed by atoms with Crippen molar-refractivity contribution in [3.8, 4) is 18.1 Å². The summed E-state index contributed by atoms with van der Waals surface area (Å²) in [6.07, 6.45) is 5.67. The van der Waals surface area contributed by atoms with E-state index in [9.17, 15) is 0 Å². The molecule has 0 saturated heterocycles. The average Bonchev–Trinajstić information content (AvgIpc) is 2.17. The van der Waals surface area contributed by atoms with Gasteiger partial charge >= 0.3 is 0 Å². The molecule has 1 N–H and O–H groups in total. The van der Waals surface area contributed by atoms with Crippen LogP contribution in [0.25, 0.3) is 0 Å². The lowest BCUT2D eigenvalue weighted by Crippen LogP contribution is -1.99. The minimum absolute atomic E-state index is 0.121. The molecule has 0 radical (unpaired) electrons. The molecular formula is C11H12O2. The molecule has 1 aromatic rings. The monoisotopic (exact) mass is 176 g/mol. The van der Waals surface area contributed by atoms with Crippen molar-refractivity contribution in [3.63, 3.8) is 0 Å². The van der Waals surface area contributed by atoms with Gasteiger partial charge in [-0.1, -0.05) is 24.1 Å². The molecule has 0 spiro atoms. The summed E-state index contributed by atoms with van der Waals surface area (Å²) >= 11 is 0. The summed E-state index contributed by atoms with van der Waals surface area (Å²) in [6, 6.07) is 7.56. The normalized spacial score (nSPS) is 9.23. The summed E-state index contributed by atoms with van der Waals surface area (Å²) in [7, 11) is 0. The van der Waals surface area contributed by atoms with Crippen LogP contribution in [0.15, 0.2) is 24.3 Å². The lowest BCUT2D eigenvalue weighted by molar-refractivity contribution is 0.295. The summed E-state index contributed by atoms with van der Waals surface area (Å²) in [5.41, 5.74) is 0.986. The Bertz CT molecular complexity index is 299. The van der Waals surface area contributed by atoms with E-state index in [0.29, 0.717) is 6.42 Å². The van der Waals surface area contributed by atoms with Gasteiger partial charge in [-0.3, -0.25) is 0 Å². The molecule has 0 unspecified atom stereocenters. The van der Waals surface area contributed by atoms with Crippen molar-refractivity contribution in [3.05, 3.63) is 29.8 Å². The third-order valence-electron chi connectivity index (χ3n) is 1.66. The Balaban J connectivity index is 2.73. The zero-order valence-electron chi connectivity index (χ0n) is 7.36. The maximum atomic E-state index is 8.77. The Morgan fingerprint density at radius 1 is 1.38 bits per heavy atom.